The molecule has 0 spiro atoms. The molecule has 24 heavy (non-hydrogen) atoms. The van der Waals surface area contributed by atoms with Crippen LogP contribution in [0.15, 0.2) is 18.2 Å². The molecule has 2 unspecified atom stereocenters. The highest BCUT2D eigenvalue weighted by atomic mass is 35.5. The van der Waals surface area contributed by atoms with Gasteiger partial charge in [0.2, 0.25) is 5.91 Å². The summed E-state index contributed by atoms with van der Waals surface area (Å²) in [4.78, 5) is 26.5. The number of nitrogens with zero attached hydrogens (tertiary/aromatic N) is 1. The third-order valence-electron chi connectivity index (χ3n) is 4.47. The third-order valence-corrected chi connectivity index (χ3v) is 4.83. The smallest absolute Gasteiger partial charge is 0.310 e. The van der Waals surface area contributed by atoms with Crippen molar-refractivity contribution in [3.63, 3.8) is 0 Å². The van der Waals surface area contributed by atoms with Crippen LogP contribution in [0.5, 0.6) is 0 Å². The molecule has 0 saturated carbocycles. The van der Waals surface area contributed by atoms with Gasteiger partial charge in [-0.25, -0.2) is 4.39 Å². The van der Waals surface area contributed by atoms with E-state index in [1.54, 1.807) is 11.8 Å². The van der Waals surface area contributed by atoms with Crippen LogP contribution < -0.4 is 0 Å². The van der Waals surface area contributed by atoms with Gasteiger partial charge in [0.1, 0.15) is 5.82 Å². The Morgan fingerprint density at radius 2 is 2.08 bits per heavy atom. The molecular formula is C18H23ClFNO3. The van der Waals surface area contributed by atoms with Gasteiger partial charge in [0, 0.05) is 17.6 Å². The summed E-state index contributed by atoms with van der Waals surface area (Å²) in [6.45, 7) is 4.51. The van der Waals surface area contributed by atoms with Gasteiger partial charge in [-0.15, -0.1) is 0 Å². The molecule has 1 aromatic rings. The molecule has 1 amide bonds. The molecule has 6 heteroatoms. The molecule has 2 rings (SSSR count). The fraction of sp³-hybridized carbons (Fsp3) is 0.556. The normalized spacial score (nSPS) is 20.8. The van der Waals surface area contributed by atoms with E-state index in [1.165, 1.54) is 18.2 Å². The van der Waals surface area contributed by atoms with E-state index in [2.05, 4.69) is 0 Å². The molecule has 1 aliphatic rings. The highest BCUT2D eigenvalue weighted by Gasteiger charge is 2.34. The third kappa shape index (κ3) is 4.47. The lowest BCUT2D eigenvalue weighted by molar-refractivity contribution is -0.152. The van der Waals surface area contributed by atoms with Gasteiger partial charge in [-0.2, -0.15) is 0 Å². The summed E-state index contributed by atoms with van der Waals surface area (Å²) < 4.78 is 18.2. The summed E-state index contributed by atoms with van der Waals surface area (Å²) in [5.41, 5.74) is 0.594. The molecule has 0 radical (unpaired) electrons. The van der Waals surface area contributed by atoms with Gasteiger partial charge in [0.25, 0.3) is 0 Å². The van der Waals surface area contributed by atoms with Gasteiger partial charge in [-0.05, 0) is 43.9 Å². The average Bonchev–Trinajstić information content (AvgIpc) is 2.57. The number of carbonyl (C=O) groups is 2. The standard InChI is InChI=1S/C18H23ClFNO3/c1-3-15-8-6-13(18(23)24-4-2)11-21(15)17(22)9-12-5-7-14(20)10-16(12)19/h5,7,10,13,15H,3-4,6,8-9,11H2,1-2H3. The van der Waals surface area contributed by atoms with Gasteiger partial charge in [0.05, 0.1) is 18.9 Å². The number of ether oxygens (including phenoxy) is 1. The van der Waals surface area contributed by atoms with Crippen LogP contribution in [-0.4, -0.2) is 36.0 Å². The van der Waals surface area contributed by atoms with Gasteiger partial charge >= 0.3 is 5.97 Å². The summed E-state index contributed by atoms with van der Waals surface area (Å²) in [6.07, 6.45) is 2.45. The highest BCUT2D eigenvalue weighted by molar-refractivity contribution is 6.31. The molecule has 0 bridgehead atoms. The molecule has 1 aromatic carbocycles. The Kier molecular flexibility index (Phi) is 6.60. The van der Waals surface area contributed by atoms with Crippen molar-refractivity contribution in [3.8, 4) is 0 Å². The second-order valence-electron chi connectivity index (χ2n) is 6.05. The maximum atomic E-state index is 13.1. The van der Waals surface area contributed by atoms with Crippen LogP contribution in [0.1, 0.15) is 38.7 Å². The Bertz CT molecular complexity index is 608. The van der Waals surface area contributed by atoms with E-state index in [1.807, 2.05) is 6.92 Å². The van der Waals surface area contributed by atoms with E-state index in [4.69, 9.17) is 16.3 Å². The first-order chi connectivity index (χ1) is 11.5. The van der Waals surface area contributed by atoms with Crippen LogP contribution in [0.3, 0.4) is 0 Å². The molecule has 1 saturated heterocycles. The second kappa shape index (κ2) is 8.47. The Labute approximate surface area is 146 Å². The van der Waals surface area contributed by atoms with Crippen LogP contribution in [0.2, 0.25) is 5.02 Å². The maximum absolute atomic E-state index is 13.1. The van der Waals surface area contributed by atoms with Crippen LogP contribution in [-0.2, 0) is 20.7 Å². The molecular weight excluding hydrogens is 333 g/mol. The van der Waals surface area contributed by atoms with Crippen molar-refractivity contribution in [2.75, 3.05) is 13.2 Å². The van der Waals surface area contributed by atoms with Crippen molar-refractivity contribution in [3.05, 3.63) is 34.6 Å². The Hall–Kier alpha value is -1.62. The van der Waals surface area contributed by atoms with E-state index in [0.29, 0.717) is 18.7 Å². The van der Waals surface area contributed by atoms with Crippen molar-refractivity contribution >= 4 is 23.5 Å². The van der Waals surface area contributed by atoms with E-state index in [0.717, 1.165) is 19.3 Å². The van der Waals surface area contributed by atoms with Crippen molar-refractivity contribution in [1.82, 2.24) is 4.90 Å². The monoisotopic (exact) mass is 355 g/mol. The van der Waals surface area contributed by atoms with E-state index in [-0.39, 0.29) is 35.3 Å². The number of likely N-dealkylation sites (tertiary alicyclic amines) is 1. The molecule has 132 valence electrons. The van der Waals surface area contributed by atoms with Crippen molar-refractivity contribution in [2.24, 2.45) is 5.92 Å². The predicted octanol–water partition coefficient (Wildman–Crippen LogP) is 3.60. The molecule has 1 fully saturated rings. The zero-order chi connectivity index (χ0) is 17.7. The largest absolute Gasteiger partial charge is 0.466 e. The predicted molar refractivity (Wildman–Crippen MR) is 90.3 cm³/mol. The number of amides is 1. The zero-order valence-corrected chi connectivity index (χ0v) is 14.8. The molecule has 2 atom stereocenters. The lowest BCUT2D eigenvalue weighted by Gasteiger charge is -2.38. The summed E-state index contributed by atoms with van der Waals surface area (Å²) in [5.74, 6) is -1.04. The van der Waals surface area contributed by atoms with E-state index in [9.17, 15) is 14.0 Å². The number of hydrogen-bond donors (Lipinski definition) is 0. The quantitative estimate of drug-likeness (QED) is 0.758. The Morgan fingerprint density at radius 1 is 1.33 bits per heavy atom. The van der Waals surface area contributed by atoms with Gasteiger partial charge in [-0.3, -0.25) is 9.59 Å². The van der Waals surface area contributed by atoms with Crippen LogP contribution >= 0.6 is 11.6 Å². The fourth-order valence-electron chi connectivity index (χ4n) is 3.14. The number of rotatable bonds is 5. The molecule has 4 nitrogen and oxygen atoms in total. The molecule has 1 aliphatic heterocycles. The number of hydrogen-bond acceptors (Lipinski definition) is 3. The van der Waals surface area contributed by atoms with Crippen molar-refractivity contribution in [2.45, 2.75) is 45.6 Å². The minimum Gasteiger partial charge on any atom is -0.466 e. The van der Waals surface area contributed by atoms with Gasteiger partial charge in [-0.1, -0.05) is 24.6 Å². The van der Waals surface area contributed by atoms with Gasteiger partial charge in [0.15, 0.2) is 0 Å². The summed E-state index contributed by atoms with van der Waals surface area (Å²) in [6, 6.07) is 4.15. The van der Waals surface area contributed by atoms with Crippen LogP contribution in [0, 0.1) is 11.7 Å². The first-order valence-electron chi connectivity index (χ1n) is 8.36. The Morgan fingerprint density at radius 3 is 2.71 bits per heavy atom. The first kappa shape index (κ1) is 18.7. The number of halogens is 2. The lowest BCUT2D eigenvalue weighted by atomic mass is 9.91. The number of carbonyl (C=O) groups excluding carboxylic acids is 2. The Balaban J connectivity index is 2.10. The van der Waals surface area contributed by atoms with Crippen molar-refractivity contribution < 1.29 is 18.7 Å². The fourth-order valence-corrected chi connectivity index (χ4v) is 3.37. The van der Waals surface area contributed by atoms with Crippen LogP contribution in [0.25, 0.3) is 0 Å². The highest BCUT2D eigenvalue weighted by Crippen LogP contribution is 2.27. The summed E-state index contributed by atoms with van der Waals surface area (Å²) in [7, 11) is 0. The molecule has 0 aliphatic carbocycles. The minimum absolute atomic E-state index is 0.0932. The maximum Gasteiger partial charge on any atom is 0.310 e. The molecule has 1 heterocycles. The minimum atomic E-state index is -0.428. The zero-order valence-electron chi connectivity index (χ0n) is 14.1. The first-order valence-corrected chi connectivity index (χ1v) is 8.74. The van der Waals surface area contributed by atoms with Crippen molar-refractivity contribution in [1.29, 1.82) is 0 Å². The van der Waals surface area contributed by atoms with E-state index >= 15 is 0 Å². The topological polar surface area (TPSA) is 46.6 Å². The average molecular weight is 356 g/mol. The summed E-state index contributed by atoms with van der Waals surface area (Å²) in [5, 5.41) is 0.246. The number of esters is 1. The van der Waals surface area contributed by atoms with Gasteiger partial charge < -0.3 is 9.64 Å². The molecule has 0 N–H and O–H groups in total. The van der Waals surface area contributed by atoms with E-state index < -0.39 is 5.82 Å². The lowest BCUT2D eigenvalue weighted by Crippen LogP contribution is -2.49. The second-order valence-corrected chi connectivity index (χ2v) is 6.45. The number of piperidine rings is 1. The SMILES string of the molecule is CCOC(=O)C1CCC(CC)N(C(=O)Cc2ccc(F)cc2Cl)C1. The molecule has 0 aromatic heterocycles. The van der Waals surface area contributed by atoms with Crippen LogP contribution in [0.4, 0.5) is 4.39 Å². The number of benzene rings is 1. The summed E-state index contributed by atoms with van der Waals surface area (Å²) >= 11 is 6.02.